The van der Waals surface area contributed by atoms with Crippen LogP contribution in [0.25, 0.3) is 10.9 Å². The van der Waals surface area contributed by atoms with Crippen molar-refractivity contribution in [1.29, 1.82) is 0 Å². The lowest BCUT2D eigenvalue weighted by atomic mass is 10.1. The minimum atomic E-state index is 0.188. The van der Waals surface area contributed by atoms with Gasteiger partial charge < -0.3 is 10.4 Å². The molecule has 0 saturated carbocycles. The Kier molecular flexibility index (Phi) is 3.86. The molecule has 0 atom stereocenters. The van der Waals surface area contributed by atoms with Crippen LogP contribution in [-0.4, -0.2) is 29.8 Å². The Labute approximate surface area is 95.1 Å². The minimum absolute atomic E-state index is 0.188. The van der Waals surface area contributed by atoms with Gasteiger partial charge in [0.15, 0.2) is 0 Å². The van der Waals surface area contributed by atoms with E-state index in [1.165, 1.54) is 10.9 Å². The molecule has 1 aromatic heterocycles. The Morgan fingerprint density at radius 3 is 2.88 bits per heavy atom. The summed E-state index contributed by atoms with van der Waals surface area (Å²) in [5.41, 5.74) is 2.33. The molecule has 1 aromatic carbocycles. The van der Waals surface area contributed by atoms with E-state index >= 15 is 0 Å². The summed E-state index contributed by atoms with van der Waals surface area (Å²) < 4.78 is 0. The van der Waals surface area contributed by atoms with Crippen LogP contribution in [0.1, 0.15) is 5.56 Å². The average Bonchev–Trinajstić information content (AvgIpc) is 2.35. The number of aromatic nitrogens is 1. The zero-order valence-electron chi connectivity index (χ0n) is 9.19. The number of aliphatic hydroxyl groups is 1. The molecule has 0 bridgehead atoms. The van der Waals surface area contributed by atoms with Crippen LogP contribution >= 0.6 is 0 Å². The first-order valence-corrected chi connectivity index (χ1v) is 5.56. The van der Waals surface area contributed by atoms with E-state index in [2.05, 4.69) is 34.6 Å². The Balaban J connectivity index is 2.11. The quantitative estimate of drug-likeness (QED) is 0.742. The standard InChI is InChI=1S/C13H16N2O/c16-10-9-14-8-6-12-4-1-3-11-5-2-7-15-13(11)12/h1-5,7,14,16H,6,8-10H2. The second kappa shape index (κ2) is 5.58. The van der Waals surface area contributed by atoms with Crippen molar-refractivity contribution in [2.24, 2.45) is 0 Å². The number of benzene rings is 1. The molecule has 0 aliphatic heterocycles. The Morgan fingerprint density at radius 1 is 1.12 bits per heavy atom. The summed E-state index contributed by atoms with van der Waals surface area (Å²) in [6.07, 6.45) is 2.77. The van der Waals surface area contributed by atoms with Gasteiger partial charge in [-0.25, -0.2) is 0 Å². The summed E-state index contributed by atoms with van der Waals surface area (Å²) in [6.45, 7) is 1.71. The Hall–Kier alpha value is -1.45. The van der Waals surface area contributed by atoms with Gasteiger partial charge in [-0.15, -0.1) is 0 Å². The maximum atomic E-state index is 8.66. The highest BCUT2D eigenvalue weighted by atomic mass is 16.3. The van der Waals surface area contributed by atoms with Gasteiger partial charge in [-0.1, -0.05) is 24.3 Å². The molecule has 0 aliphatic carbocycles. The van der Waals surface area contributed by atoms with Crippen molar-refractivity contribution < 1.29 is 5.11 Å². The van der Waals surface area contributed by atoms with Crippen LogP contribution < -0.4 is 5.32 Å². The lowest BCUT2D eigenvalue weighted by Gasteiger charge is -2.06. The molecular weight excluding hydrogens is 200 g/mol. The first kappa shape index (κ1) is 11.0. The fraction of sp³-hybridized carbons (Fsp3) is 0.308. The summed E-state index contributed by atoms with van der Waals surface area (Å²) in [7, 11) is 0. The van der Waals surface area contributed by atoms with Crippen molar-refractivity contribution in [2.75, 3.05) is 19.7 Å². The number of nitrogens with zero attached hydrogens (tertiary/aromatic N) is 1. The predicted octanol–water partition coefficient (Wildman–Crippen LogP) is 1.36. The van der Waals surface area contributed by atoms with Crippen LogP contribution in [0.3, 0.4) is 0 Å². The number of hydrogen-bond acceptors (Lipinski definition) is 3. The maximum absolute atomic E-state index is 8.66. The van der Waals surface area contributed by atoms with Crippen LogP contribution in [0.4, 0.5) is 0 Å². The van der Waals surface area contributed by atoms with Gasteiger partial charge in [0.05, 0.1) is 12.1 Å². The van der Waals surface area contributed by atoms with E-state index in [9.17, 15) is 0 Å². The molecule has 3 heteroatoms. The molecule has 0 unspecified atom stereocenters. The lowest BCUT2D eigenvalue weighted by Crippen LogP contribution is -2.20. The summed E-state index contributed by atoms with van der Waals surface area (Å²) in [4.78, 5) is 4.40. The lowest BCUT2D eigenvalue weighted by molar-refractivity contribution is 0.293. The van der Waals surface area contributed by atoms with E-state index < -0.39 is 0 Å². The zero-order chi connectivity index (χ0) is 11.2. The summed E-state index contributed by atoms with van der Waals surface area (Å²) >= 11 is 0. The largest absolute Gasteiger partial charge is 0.395 e. The van der Waals surface area contributed by atoms with Gasteiger partial charge in [0.25, 0.3) is 0 Å². The molecule has 2 N–H and O–H groups in total. The van der Waals surface area contributed by atoms with Gasteiger partial charge >= 0.3 is 0 Å². The number of hydrogen-bond donors (Lipinski definition) is 2. The second-order valence-corrected chi connectivity index (χ2v) is 3.72. The van der Waals surface area contributed by atoms with Crippen LogP contribution in [0.15, 0.2) is 36.5 Å². The van der Waals surface area contributed by atoms with Gasteiger partial charge in [0.1, 0.15) is 0 Å². The van der Waals surface area contributed by atoms with Crippen LogP contribution in [-0.2, 0) is 6.42 Å². The highest BCUT2D eigenvalue weighted by Crippen LogP contribution is 2.15. The first-order chi connectivity index (χ1) is 7.92. The Bertz CT molecular complexity index is 451. The van der Waals surface area contributed by atoms with E-state index in [0.717, 1.165) is 18.5 Å². The summed E-state index contributed by atoms with van der Waals surface area (Å²) in [5, 5.41) is 13.0. The van der Waals surface area contributed by atoms with Crippen molar-refractivity contribution in [3.05, 3.63) is 42.1 Å². The van der Waals surface area contributed by atoms with Crippen molar-refractivity contribution in [1.82, 2.24) is 10.3 Å². The molecule has 0 amide bonds. The van der Waals surface area contributed by atoms with Gasteiger partial charge in [-0.05, 0) is 24.6 Å². The van der Waals surface area contributed by atoms with Gasteiger partial charge in [-0.2, -0.15) is 0 Å². The number of para-hydroxylation sites is 1. The molecular formula is C13H16N2O. The SMILES string of the molecule is OCCNCCc1cccc2cccnc12. The van der Waals surface area contributed by atoms with Crippen molar-refractivity contribution in [2.45, 2.75) is 6.42 Å². The molecule has 0 fully saturated rings. The third-order valence-corrected chi connectivity index (χ3v) is 2.58. The predicted molar refractivity (Wildman–Crippen MR) is 65.4 cm³/mol. The van der Waals surface area contributed by atoms with E-state index in [4.69, 9.17) is 5.11 Å². The maximum Gasteiger partial charge on any atom is 0.0734 e. The summed E-state index contributed by atoms with van der Waals surface area (Å²) in [6, 6.07) is 10.3. The van der Waals surface area contributed by atoms with Crippen LogP contribution in [0, 0.1) is 0 Å². The molecule has 84 valence electrons. The smallest absolute Gasteiger partial charge is 0.0734 e. The van der Waals surface area contributed by atoms with Crippen LogP contribution in [0.5, 0.6) is 0 Å². The van der Waals surface area contributed by atoms with Crippen molar-refractivity contribution in [3.8, 4) is 0 Å². The van der Waals surface area contributed by atoms with E-state index in [1.54, 1.807) is 0 Å². The number of fused-ring (bicyclic) bond motifs is 1. The number of rotatable bonds is 5. The van der Waals surface area contributed by atoms with Crippen molar-refractivity contribution in [3.63, 3.8) is 0 Å². The molecule has 2 rings (SSSR count). The van der Waals surface area contributed by atoms with Gasteiger partial charge in [0.2, 0.25) is 0 Å². The number of pyridine rings is 1. The van der Waals surface area contributed by atoms with E-state index in [-0.39, 0.29) is 6.61 Å². The van der Waals surface area contributed by atoms with Gasteiger partial charge in [0, 0.05) is 18.1 Å². The molecule has 1 heterocycles. The molecule has 0 aliphatic rings. The highest BCUT2D eigenvalue weighted by Gasteiger charge is 2.00. The van der Waals surface area contributed by atoms with E-state index in [0.29, 0.717) is 6.54 Å². The normalized spacial score (nSPS) is 10.8. The number of aliphatic hydroxyl groups excluding tert-OH is 1. The fourth-order valence-electron chi connectivity index (χ4n) is 1.80. The monoisotopic (exact) mass is 216 g/mol. The molecule has 3 nitrogen and oxygen atoms in total. The van der Waals surface area contributed by atoms with Crippen molar-refractivity contribution >= 4 is 10.9 Å². The third kappa shape index (κ3) is 2.56. The zero-order valence-corrected chi connectivity index (χ0v) is 9.19. The molecule has 0 saturated heterocycles. The molecule has 2 aromatic rings. The Morgan fingerprint density at radius 2 is 2.00 bits per heavy atom. The first-order valence-electron chi connectivity index (χ1n) is 5.56. The fourth-order valence-corrected chi connectivity index (χ4v) is 1.80. The second-order valence-electron chi connectivity index (χ2n) is 3.72. The third-order valence-electron chi connectivity index (χ3n) is 2.58. The summed E-state index contributed by atoms with van der Waals surface area (Å²) in [5.74, 6) is 0. The number of nitrogens with one attached hydrogen (secondary N) is 1. The average molecular weight is 216 g/mol. The van der Waals surface area contributed by atoms with Gasteiger partial charge in [-0.3, -0.25) is 4.98 Å². The topological polar surface area (TPSA) is 45.1 Å². The van der Waals surface area contributed by atoms with E-state index in [1.807, 2.05) is 12.3 Å². The minimum Gasteiger partial charge on any atom is -0.395 e. The molecule has 0 radical (unpaired) electrons. The molecule has 0 spiro atoms. The van der Waals surface area contributed by atoms with Crippen LogP contribution in [0.2, 0.25) is 0 Å². The highest BCUT2D eigenvalue weighted by molar-refractivity contribution is 5.81. The molecule has 16 heavy (non-hydrogen) atoms.